The van der Waals surface area contributed by atoms with Crippen LogP contribution in [0.2, 0.25) is 0 Å². The average molecular weight is 1410 g/mol. The summed E-state index contributed by atoms with van der Waals surface area (Å²) in [6.07, 6.45) is 54.0. The summed E-state index contributed by atoms with van der Waals surface area (Å²) in [5, 5.41) is 10.6. The summed E-state index contributed by atoms with van der Waals surface area (Å²) >= 11 is 0. The molecule has 3 N–H and O–H groups in total. The smallest absolute Gasteiger partial charge is 0.462 e. The van der Waals surface area contributed by atoms with Crippen LogP contribution >= 0.6 is 15.6 Å². The molecule has 5 atom stereocenters. The molecule has 0 aliphatic carbocycles. The van der Waals surface area contributed by atoms with Crippen LogP contribution in [0.1, 0.15) is 395 Å². The molecule has 0 saturated heterocycles. The zero-order valence-electron chi connectivity index (χ0n) is 62.8. The molecule has 2 unspecified atom stereocenters. The van der Waals surface area contributed by atoms with Gasteiger partial charge in [0.15, 0.2) is 12.2 Å². The number of carbonyl (C=O) groups is 4. The maximum absolute atomic E-state index is 13.1. The molecule has 0 fully saturated rings. The molecule has 0 rings (SSSR count). The number of hydrogen-bond donors (Lipinski definition) is 3. The third-order valence-electron chi connectivity index (χ3n) is 17.9. The van der Waals surface area contributed by atoms with Gasteiger partial charge >= 0.3 is 39.5 Å². The van der Waals surface area contributed by atoms with E-state index in [0.717, 1.165) is 108 Å². The minimum Gasteiger partial charge on any atom is -0.462 e. The number of ether oxygens (including phenoxy) is 4. The highest BCUT2D eigenvalue weighted by molar-refractivity contribution is 7.47. The summed E-state index contributed by atoms with van der Waals surface area (Å²) in [5.74, 6) is 0.163. The molecule has 0 radical (unpaired) electrons. The molecule has 0 aromatic heterocycles. The fourth-order valence-electron chi connectivity index (χ4n) is 11.8. The van der Waals surface area contributed by atoms with Crippen LogP contribution in [-0.2, 0) is 65.4 Å². The number of aliphatic hydroxyl groups excluding tert-OH is 1. The van der Waals surface area contributed by atoms with E-state index in [1.165, 1.54) is 205 Å². The van der Waals surface area contributed by atoms with Crippen LogP contribution < -0.4 is 0 Å². The summed E-state index contributed by atoms with van der Waals surface area (Å²) < 4.78 is 68.6. The van der Waals surface area contributed by atoms with E-state index >= 15 is 0 Å². The van der Waals surface area contributed by atoms with Gasteiger partial charge in [-0.25, -0.2) is 9.13 Å². The molecule has 0 bridgehead atoms. The molecule has 17 nitrogen and oxygen atoms in total. The van der Waals surface area contributed by atoms with Gasteiger partial charge in [0.2, 0.25) is 0 Å². The molecule has 0 heterocycles. The van der Waals surface area contributed by atoms with E-state index in [0.29, 0.717) is 25.7 Å². The Bertz CT molecular complexity index is 1870. The zero-order valence-corrected chi connectivity index (χ0v) is 64.6. The second-order valence-corrected chi connectivity index (χ2v) is 32.1. The summed E-state index contributed by atoms with van der Waals surface area (Å²) in [7, 11) is -9.92. The van der Waals surface area contributed by atoms with Gasteiger partial charge in [-0.15, -0.1) is 0 Å². The number of rotatable bonds is 75. The number of unbranched alkanes of at least 4 members (excludes halogenated alkanes) is 43. The Morgan fingerprint density at radius 2 is 0.479 bits per heavy atom. The van der Waals surface area contributed by atoms with Gasteiger partial charge in [-0.05, 0) is 43.4 Å². The highest BCUT2D eigenvalue weighted by Gasteiger charge is 2.30. The number of aliphatic hydroxyl groups is 1. The van der Waals surface area contributed by atoms with Crippen LogP contribution in [-0.4, -0.2) is 96.7 Å². The minimum atomic E-state index is -4.96. The van der Waals surface area contributed by atoms with Gasteiger partial charge in [-0.2, -0.15) is 0 Å². The SMILES string of the molecule is CCCCCCCCCCCCCCCCCCC(=O)O[C@H](COC(=O)CCCCCCCCCCCCCCC(C)C)COP(=O)(O)OC[C@@H](O)COP(=O)(O)OC[C@@H](COC(=O)CCCCCCCCCCCC(C)C)OC(=O)CCCCCCCCCCCCC(C)C. The predicted octanol–water partition coefficient (Wildman–Crippen LogP) is 22.6. The van der Waals surface area contributed by atoms with Gasteiger partial charge in [-0.3, -0.25) is 37.3 Å². The Kier molecular flexibility index (Phi) is 66.2. The first-order valence-corrected chi connectivity index (χ1v) is 42.8. The van der Waals surface area contributed by atoms with Crippen molar-refractivity contribution in [1.82, 2.24) is 0 Å². The molecule has 0 amide bonds. The van der Waals surface area contributed by atoms with E-state index in [-0.39, 0.29) is 25.7 Å². The first-order valence-electron chi connectivity index (χ1n) is 39.8. The summed E-state index contributed by atoms with van der Waals surface area (Å²) in [5.41, 5.74) is 0. The summed E-state index contributed by atoms with van der Waals surface area (Å²) in [6, 6.07) is 0. The monoisotopic (exact) mass is 1410 g/mol. The van der Waals surface area contributed by atoms with Crippen molar-refractivity contribution in [3.05, 3.63) is 0 Å². The molecule has 19 heteroatoms. The largest absolute Gasteiger partial charge is 0.472 e. The normalized spacial score (nSPS) is 14.1. The van der Waals surface area contributed by atoms with Gasteiger partial charge in [0, 0.05) is 25.7 Å². The Hall–Kier alpha value is -1.94. The number of phosphoric acid groups is 2. The van der Waals surface area contributed by atoms with E-state index in [1.54, 1.807) is 0 Å². The molecule has 0 aliphatic rings. The van der Waals surface area contributed by atoms with Crippen molar-refractivity contribution in [3.8, 4) is 0 Å². The van der Waals surface area contributed by atoms with Crippen LogP contribution in [0.3, 0.4) is 0 Å². The van der Waals surface area contributed by atoms with E-state index < -0.39 is 97.5 Å². The molecule has 0 aromatic rings. The molecular formula is C77H150O17P2. The topological polar surface area (TPSA) is 237 Å². The quantitative estimate of drug-likeness (QED) is 0.0222. The minimum absolute atomic E-state index is 0.105. The van der Waals surface area contributed by atoms with Crippen molar-refractivity contribution in [2.75, 3.05) is 39.6 Å². The van der Waals surface area contributed by atoms with Crippen LogP contribution in [0.5, 0.6) is 0 Å². The number of hydrogen-bond acceptors (Lipinski definition) is 15. The highest BCUT2D eigenvalue weighted by atomic mass is 31.2. The van der Waals surface area contributed by atoms with Crippen molar-refractivity contribution in [3.63, 3.8) is 0 Å². The molecule has 0 saturated carbocycles. The van der Waals surface area contributed by atoms with Crippen molar-refractivity contribution < 1.29 is 80.2 Å². The lowest BCUT2D eigenvalue weighted by atomic mass is 10.0. The highest BCUT2D eigenvalue weighted by Crippen LogP contribution is 2.45. The summed E-state index contributed by atoms with van der Waals surface area (Å²) in [6.45, 7) is 11.9. The van der Waals surface area contributed by atoms with Gasteiger partial charge in [-0.1, -0.05) is 344 Å². The van der Waals surface area contributed by atoms with E-state index in [4.69, 9.17) is 37.0 Å². The average Bonchev–Trinajstić information content (AvgIpc) is 1.05. The van der Waals surface area contributed by atoms with Gasteiger partial charge in [0.1, 0.15) is 19.3 Å². The fraction of sp³-hybridized carbons (Fsp3) is 0.948. The first kappa shape index (κ1) is 94.1. The summed E-state index contributed by atoms with van der Waals surface area (Å²) in [4.78, 5) is 72.9. The van der Waals surface area contributed by atoms with Crippen molar-refractivity contribution in [1.29, 1.82) is 0 Å². The Labute approximate surface area is 588 Å². The molecule has 0 aliphatic heterocycles. The van der Waals surface area contributed by atoms with Crippen LogP contribution in [0.25, 0.3) is 0 Å². The predicted molar refractivity (Wildman–Crippen MR) is 391 cm³/mol. The van der Waals surface area contributed by atoms with Gasteiger partial charge in [0.05, 0.1) is 26.4 Å². The Balaban J connectivity index is 5.27. The first-order chi connectivity index (χ1) is 46.2. The van der Waals surface area contributed by atoms with Crippen LogP contribution in [0, 0.1) is 17.8 Å². The van der Waals surface area contributed by atoms with Gasteiger partial charge < -0.3 is 33.8 Å². The van der Waals surface area contributed by atoms with Crippen molar-refractivity contribution >= 4 is 39.5 Å². The maximum Gasteiger partial charge on any atom is 0.472 e. The molecule has 0 spiro atoms. The second kappa shape index (κ2) is 67.5. The van der Waals surface area contributed by atoms with E-state index in [9.17, 15) is 43.2 Å². The number of esters is 4. The van der Waals surface area contributed by atoms with Crippen molar-refractivity contribution in [2.45, 2.75) is 414 Å². The standard InChI is InChI=1S/C77H150O17P2/c1-8-9-10-11-12-13-14-15-16-17-18-23-31-39-46-53-60-76(81)93-72(64-87-74(79)58-51-44-37-30-22-20-19-21-27-34-41-48-55-68(2)3)66-91-95(83,84)89-62-71(78)63-90-96(85,86)92-67-73(65-88-75(80)59-52-45-38-33-26-29-36-43-50-57-70(6)7)94-77(82)61-54-47-40-32-25-24-28-35-42-49-56-69(4)5/h68-73,78H,8-67H2,1-7H3,(H,83,84)(H,85,86)/t71-,72-,73-/m1/s1. The molecule has 96 heavy (non-hydrogen) atoms. The lowest BCUT2D eigenvalue weighted by Gasteiger charge is -2.21. The second-order valence-electron chi connectivity index (χ2n) is 29.2. The lowest BCUT2D eigenvalue weighted by molar-refractivity contribution is -0.161. The van der Waals surface area contributed by atoms with Gasteiger partial charge in [0.25, 0.3) is 0 Å². The third-order valence-corrected chi connectivity index (χ3v) is 19.8. The lowest BCUT2D eigenvalue weighted by Crippen LogP contribution is -2.30. The zero-order chi connectivity index (χ0) is 70.9. The Morgan fingerprint density at radius 1 is 0.281 bits per heavy atom. The third kappa shape index (κ3) is 70.5. The Morgan fingerprint density at radius 3 is 0.708 bits per heavy atom. The number of carbonyl (C=O) groups excluding carboxylic acids is 4. The van der Waals surface area contributed by atoms with E-state index in [2.05, 4.69) is 48.5 Å². The van der Waals surface area contributed by atoms with Crippen LogP contribution in [0.15, 0.2) is 0 Å². The maximum atomic E-state index is 13.1. The molecule has 570 valence electrons. The molecular weight excluding hydrogens is 1260 g/mol. The van der Waals surface area contributed by atoms with Crippen molar-refractivity contribution in [2.24, 2.45) is 17.8 Å². The fourth-order valence-corrected chi connectivity index (χ4v) is 13.4. The number of phosphoric ester groups is 2. The molecule has 0 aromatic carbocycles. The van der Waals surface area contributed by atoms with Crippen LogP contribution in [0.4, 0.5) is 0 Å². The van der Waals surface area contributed by atoms with E-state index in [1.807, 2.05) is 0 Å².